The van der Waals surface area contributed by atoms with E-state index >= 15 is 0 Å². The lowest BCUT2D eigenvalue weighted by Gasteiger charge is -2.19. The number of aromatic nitrogens is 1. The van der Waals surface area contributed by atoms with Crippen molar-refractivity contribution in [3.8, 4) is 16.8 Å². The van der Waals surface area contributed by atoms with Crippen molar-refractivity contribution in [1.29, 1.82) is 0 Å². The van der Waals surface area contributed by atoms with Gasteiger partial charge in [0.25, 0.3) is 0 Å². The summed E-state index contributed by atoms with van der Waals surface area (Å²) in [4.78, 5) is 0. The van der Waals surface area contributed by atoms with Gasteiger partial charge in [-0.25, -0.2) is 0 Å². The fourth-order valence-electron chi connectivity index (χ4n) is 8.83. The zero-order chi connectivity index (χ0) is 37.9. The molecule has 1 aliphatic carbocycles. The van der Waals surface area contributed by atoms with Crippen molar-refractivity contribution in [2.45, 2.75) is 25.4 Å². The minimum absolute atomic E-state index is 0.129. The summed E-state index contributed by atoms with van der Waals surface area (Å²) in [5.74, 6) is 0. The molecule has 0 saturated carbocycles. The van der Waals surface area contributed by atoms with Crippen LogP contribution in [0.2, 0.25) is 0 Å². The lowest BCUT2D eigenvalue weighted by Crippen LogP contribution is -2.21. The van der Waals surface area contributed by atoms with Crippen LogP contribution in [0.15, 0.2) is 196 Å². The summed E-state index contributed by atoms with van der Waals surface area (Å²) < 4.78 is 15.6. The highest BCUT2D eigenvalue weighted by molar-refractivity contribution is 6.18. The first kappa shape index (κ1) is 33.3. The van der Waals surface area contributed by atoms with E-state index in [1.54, 1.807) is 0 Å². The minimum atomic E-state index is -0.129. The van der Waals surface area contributed by atoms with Gasteiger partial charge in [-0.1, -0.05) is 127 Å². The van der Waals surface area contributed by atoms with E-state index in [1.165, 1.54) is 21.9 Å². The van der Waals surface area contributed by atoms with E-state index in [9.17, 15) is 0 Å². The van der Waals surface area contributed by atoms with Crippen LogP contribution in [0.1, 0.15) is 30.0 Å². The smallest absolute Gasteiger partial charge is 0.143 e. The lowest BCUT2D eigenvalue weighted by molar-refractivity contribution is 0.618. The lowest BCUT2D eigenvalue weighted by atomic mass is 9.96. The quantitative estimate of drug-likeness (QED) is 0.163. The molecule has 57 heavy (non-hydrogen) atoms. The summed E-state index contributed by atoms with van der Waals surface area (Å²) in [5.41, 5.74) is 20.1. The molecule has 0 saturated heterocycles. The number of hydrogen-bond acceptors (Lipinski definition) is 4. The third-order valence-electron chi connectivity index (χ3n) is 11.6. The van der Waals surface area contributed by atoms with Gasteiger partial charge in [0, 0.05) is 55.8 Å². The van der Waals surface area contributed by atoms with Gasteiger partial charge < -0.3 is 24.5 Å². The number of nitrogens with two attached hydrogens (primary N) is 1. The van der Waals surface area contributed by atoms with Crippen molar-refractivity contribution in [1.82, 2.24) is 9.88 Å². The largest absolute Gasteiger partial charge is 0.456 e. The standard InChI is InChI=1S/C52H39N3O2/c53-44(34-16-5-2-6-17-34)31-45(54-32-33-14-3-1-4-15-33)35-26-27-38-37-18-7-10-22-46(37)55(47(38)28-35)36-29-42-39-19-8-11-23-48(39)57-52(42)43(30-36)40-21-13-25-50-51(40)41-20-9-12-24-49(41)56-50/h1-5,7-16,18-31,45,54H,6,17,32,53H2/b44-31-. The second-order valence-electron chi connectivity index (χ2n) is 15.0. The first-order chi connectivity index (χ1) is 28.2. The number of para-hydroxylation sites is 3. The van der Waals surface area contributed by atoms with Gasteiger partial charge in [-0.2, -0.15) is 0 Å². The highest BCUT2D eigenvalue weighted by Gasteiger charge is 2.22. The van der Waals surface area contributed by atoms with E-state index in [0.717, 1.165) is 95.8 Å². The SMILES string of the molecule is N/C(=C\C(NCc1ccccc1)c1ccc2c3ccccc3n(-c3cc(-c4cccc5oc6ccccc6c45)c4oc5ccccc5c4c3)c2c1)C1=CC=CCC1. The van der Waals surface area contributed by atoms with Gasteiger partial charge >= 0.3 is 0 Å². The Balaban J connectivity index is 1.16. The summed E-state index contributed by atoms with van der Waals surface area (Å²) in [6.45, 7) is 0.705. The Morgan fingerprint density at radius 2 is 1.39 bits per heavy atom. The molecule has 3 aromatic heterocycles. The third-order valence-corrected chi connectivity index (χ3v) is 11.6. The van der Waals surface area contributed by atoms with Gasteiger partial charge in [-0.05, 0) is 83.6 Å². The summed E-state index contributed by atoms with van der Waals surface area (Å²) in [7, 11) is 0. The summed E-state index contributed by atoms with van der Waals surface area (Å²) in [6, 6.07) is 53.5. The molecule has 0 spiro atoms. The zero-order valence-electron chi connectivity index (χ0n) is 31.3. The number of nitrogens with one attached hydrogen (secondary N) is 1. The molecule has 0 aliphatic heterocycles. The van der Waals surface area contributed by atoms with Crippen LogP contribution in [-0.4, -0.2) is 4.57 Å². The maximum Gasteiger partial charge on any atom is 0.143 e. The molecule has 3 heterocycles. The van der Waals surface area contributed by atoms with Crippen LogP contribution in [0.4, 0.5) is 0 Å². The Labute approximate surface area is 329 Å². The third kappa shape index (κ3) is 5.66. The van der Waals surface area contributed by atoms with E-state index in [0.29, 0.717) is 6.54 Å². The number of fused-ring (bicyclic) bond motifs is 9. The molecule has 7 aromatic carbocycles. The van der Waals surface area contributed by atoms with Crippen LogP contribution in [0, 0.1) is 0 Å². The van der Waals surface area contributed by atoms with Gasteiger partial charge in [0.05, 0.1) is 17.1 Å². The Morgan fingerprint density at radius 3 is 2.23 bits per heavy atom. The van der Waals surface area contributed by atoms with Gasteiger partial charge in [-0.3, -0.25) is 0 Å². The number of allylic oxidation sites excluding steroid dienone is 4. The molecular formula is C52H39N3O2. The van der Waals surface area contributed by atoms with Crippen molar-refractivity contribution in [2.75, 3.05) is 0 Å². The van der Waals surface area contributed by atoms with E-state index in [-0.39, 0.29) is 6.04 Å². The van der Waals surface area contributed by atoms with Crippen molar-refractivity contribution in [3.05, 3.63) is 198 Å². The fraction of sp³-hybridized carbons (Fsp3) is 0.0769. The number of furan rings is 2. The van der Waals surface area contributed by atoms with E-state index in [4.69, 9.17) is 14.6 Å². The zero-order valence-corrected chi connectivity index (χ0v) is 31.3. The number of benzene rings is 7. The van der Waals surface area contributed by atoms with Crippen LogP contribution < -0.4 is 11.1 Å². The maximum absolute atomic E-state index is 6.87. The van der Waals surface area contributed by atoms with Gasteiger partial charge in [0.15, 0.2) is 0 Å². The molecule has 1 atom stereocenters. The molecule has 1 unspecified atom stereocenters. The van der Waals surface area contributed by atoms with Crippen LogP contribution >= 0.6 is 0 Å². The second kappa shape index (κ2) is 13.6. The van der Waals surface area contributed by atoms with Gasteiger partial charge in [-0.15, -0.1) is 0 Å². The first-order valence-corrected chi connectivity index (χ1v) is 19.7. The topological polar surface area (TPSA) is 69.3 Å². The minimum Gasteiger partial charge on any atom is -0.456 e. The van der Waals surface area contributed by atoms with Crippen LogP contribution in [0.25, 0.3) is 82.5 Å². The molecule has 5 heteroatoms. The van der Waals surface area contributed by atoms with Crippen molar-refractivity contribution >= 4 is 65.7 Å². The molecule has 0 fully saturated rings. The number of rotatable bonds is 8. The molecule has 1 aliphatic rings. The Morgan fingerprint density at radius 1 is 0.649 bits per heavy atom. The molecule has 11 rings (SSSR count). The van der Waals surface area contributed by atoms with Crippen LogP contribution in [0.5, 0.6) is 0 Å². The van der Waals surface area contributed by atoms with Gasteiger partial charge in [0.1, 0.15) is 22.3 Å². The molecule has 10 aromatic rings. The number of hydrogen-bond donors (Lipinski definition) is 2. The Kier molecular flexibility index (Phi) is 7.93. The molecule has 0 radical (unpaired) electrons. The second-order valence-corrected chi connectivity index (χ2v) is 15.0. The number of nitrogens with zero attached hydrogens (tertiary/aromatic N) is 1. The van der Waals surface area contributed by atoms with E-state index in [2.05, 4.69) is 168 Å². The predicted molar refractivity (Wildman–Crippen MR) is 236 cm³/mol. The highest BCUT2D eigenvalue weighted by atomic mass is 16.3. The molecule has 274 valence electrons. The monoisotopic (exact) mass is 737 g/mol. The molecule has 0 bridgehead atoms. The molecule has 5 nitrogen and oxygen atoms in total. The Hall–Kier alpha value is -7.08. The van der Waals surface area contributed by atoms with E-state index in [1.807, 2.05) is 18.2 Å². The Bertz CT molecular complexity index is 3260. The first-order valence-electron chi connectivity index (χ1n) is 19.7. The summed E-state index contributed by atoms with van der Waals surface area (Å²) >= 11 is 0. The molecule has 0 amide bonds. The normalized spacial score (nSPS) is 14.1. The van der Waals surface area contributed by atoms with Crippen LogP contribution in [0.3, 0.4) is 0 Å². The molecular weight excluding hydrogens is 699 g/mol. The highest BCUT2D eigenvalue weighted by Crippen LogP contribution is 2.44. The summed E-state index contributed by atoms with van der Waals surface area (Å²) in [6.07, 6.45) is 10.6. The maximum atomic E-state index is 6.87. The van der Waals surface area contributed by atoms with Crippen molar-refractivity contribution < 1.29 is 8.83 Å². The average Bonchev–Trinajstić information content (AvgIpc) is 3.95. The average molecular weight is 738 g/mol. The van der Waals surface area contributed by atoms with E-state index < -0.39 is 0 Å². The van der Waals surface area contributed by atoms with Crippen molar-refractivity contribution in [3.63, 3.8) is 0 Å². The predicted octanol–water partition coefficient (Wildman–Crippen LogP) is 13.2. The molecule has 3 N–H and O–H groups in total. The van der Waals surface area contributed by atoms with Crippen molar-refractivity contribution in [2.24, 2.45) is 5.73 Å². The van der Waals surface area contributed by atoms with Crippen LogP contribution in [-0.2, 0) is 6.54 Å². The summed E-state index contributed by atoms with van der Waals surface area (Å²) in [5, 5.41) is 10.6. The van der Waals surface area contributed by atoms with Gasteiger partial charge in [0.2, 0.25) is 0 Å². The fourth-order valence-corrected chi connectivity index (χ4v) is 8.83.